The molecule has 3 aliphatic rings. The van der Waals surface area contributed by atoms with E-state index in [9.17, 15) is 0 Å². The minimum atomic E-state index is -0.208. The number of likely N-dealkylation sites (tertiary alicyclic amines) is 1. The number of benzene rings is 1. The molecule has 6 heteroatoms. The van der Waals surface area contributed by atoms with Crippen LogP contribution in [0.1, 0.15) is 81.5 Å². The first-order valence-corrected chi connectivity index (χ1v) is 15.1. The average molecular weight is 504 g/mol. The molecule has 1 aromatic carbocycles. The van der Waals surface area contributed by atoms with Crippen LogP contribution >= 0.6 is 10.7 Å². The number of hydrogen-bond donors (Lipinski definition) is 2. The van der Waals surface area contributed by atoms with E-state index in [2.05, 4.69) is 76.9 Å². The number of rotatable bonds is 6. The summed E-state index contributed by atoms with van der Waals surface area (Å²) in [4.78, 5) is 15.6. The maximum Gasteiger partial charge on any atom is 0.110 e. The van der Waals surface area contributed by atoms with E-state index in [1.807, 2.05) is 0 Å². The molecule has 3 N–H and O–H groups in total. The van der Waals surface area contributed by atoms with Gasteiger partial charge in [-0.15, -0.1) is 10.7 Å². The van der Waals surface area contributed by atoms with E-state index in [1.165, 1.54) is 57.4 Å². The Morgan fingerprint density at radius 2 is 2.03 bits per heavy atom. The first-order valence-electron chi connectivity index (χ1n) is 13.5. The molecule has 192 valence electrons. The summed E-state index contributed by atoms with van der Waals surface area (Å²) < 4.78 is 0. The van der Waals surface area contributed by atoms with Crippen LogP contribution in [-0.2, 0) is 0 Å². The molecule has 3 heterocycles. The number of piperidine rings is 1. The lowest BCUT2D eigenvalue weighted by Gasteiger charge is -2.32. The third-order valence-corrected chi connectivity index (χ3v) is 8.78. The highest BCUT2D eigenvalue weighted by molar-refractivity contribution is 8.12. The molecule has 2 unspecified atom stereocenters. The van der Waals surface area contributed by atoms with Crippen molar-refractivity contribution in [3.8, 4) is 0 Å². The molecule has 0 spiro atoms. The van der Waals surface area contributed by atoms with Gasteiger partial charge in [0.1, 0.15) is 6.34 Å². The van der Waals surface area contributed by atoms with Gasteiger partial charge >= 0.3 is 0 Å². The minimum absolute atomic E-state index is 0.208. The smallest absolute Gasteiger partial charge is 0.110 e. The largest absolute Gasteiger partial charge is 0.354 e. The molecule has 0 amide bonds. The Labute approximate surface area is 218 Å². The van der Waals surface area contributed by atoms with Crippen molar-refractivity contribution < 1.29 is 0 Å². The number of hydrogen-bond acceptors (Lipinski definition) is 4. The number of nitrogens with one attached hydrogen (secondary N) is 1. The molecular formula is C30H41N5S. The maximum atomic E-state index is 5.90. The molecular weight excluding hydrogens is 462 g/mol. The van der Waals surface area contributed by atoms with E-state index in [0.717, 1.165) is 44.6 Å². The highest BCUT2D eigenvalue weighted by atomic mass is 32.2. The van der Waals surface area contributed by atoms with Crippen LogP contribution in [0.4, 0.5) is 0 Å². The van der Waals surface area contributed by atoms with Crippen molar-refractivity contribution in [1.82, 2.24) is 9.88 Å². The zero-order chi connectivity index (χ0) is 25.2. The Morgan fingerprint density at radius 1 is 1.22 bits per heavy atom. The Kier molecular flexibility index (Phi) is 7.75. The molecule has 2 bridgehead atoms. The fourth-order valence-corrected chi connectivity index (χ4v) is 6.49. The van der Waals surface area contributed by atoms with Crippen molar-refractivity contribution in [1.29, 1.82) is 0 Å². The van der Waals surface area contributed by atoms with E-state index in [1.54, 1.807) is 6.34 Å². The molecule has 0 saturated carbocycles. The number of fused-ring (bicyclic) bond motifs is 3. The van der Waals surface area contributed by atoms with Crippen molar-refractivity contribution in [2.75, 3.05) is 25.4 Å². The summed E-state index contributed by atoms with van der Waals surface area (Å²) in [6.07, 6.45) is 12.0. The second-order valence-electron chi connectivity index (χ2n) is 11.0. The van der Waals surface area contributed by atoms with Crippen LogP contribution in [0.15, 0.2) is 45.9 Å². The number of aromatic nitrogens is 1. The normalized spacial score (nSPS) is 25.5. The summed E-state index contributed by atoms with van der Waals surface area (Å²) in [6.45, 7) is 10.2. The van der Waals surface area contributed by atoms with Gasteiger partial charge in [0.25, 0.3) is 0 Å². The zero-order valence-corrected chi connectivity index (χ0v) is 22.9. The van der Waals surface area contributed by atoms with E-state index < -0.39 is 0 Å². The summed E-state index contributed by atoms with van der Waals surface area (Å²) >= 11 is 0. The molecule has 1 saturated heterocycles. The molecule has 2 aromatic rings. The van der Waals surface area contributed by atoms with Gasteiger partial charge in [-0.3, -0.25) is 10.1 Å². The molecule has 36 heavy (non-hydrogen) atoms. The van der Waals surface area contributed by atoms with E-state index in [0.29, 0.717) is 17.9 Å². The molecule has 5 rings (SSSR count). The molecule has 1 fully saturated rings. The number of nitrogens with two attached hydrogens (primary N) is 1. The topological polar surface area (TPSA) is 69.8 Å². The quantitative estimate of drug-likeness (QED) is 0.447. The fourth-order valence-electron chi connectivity index (χ4n) is 5.99. The molecule has 5 nitrogen and oxygen atoms in total. The van der Waals surface area contributed by atoms with Crippen LogP contribution in [0, 0.1) is 0 Å². The molecule has 2 atom stereocenters. The van der Waals surface area contributed by atoms with Crippen molar-refractivity contribution in [3.05, 3.63) is 52.7 Å². The Balaban J connectivity index is 1.45. The summed E-state index contributed by atoms with van der Waals surface area (Å²) in [6, 6.07) is 7.50. The summed E-state index contributed by atoms with van der Waals surface area (Å²) in [5.41, 5.74) is 9.16. The van der Waals surface area contributed by atoms with E-state index in [-0.39, 0.29) is 10.7 Å². The standard InChI is InChI=1S/C30H41N5S/c1-20(2)29-26-17-23(22-10-12-35(13-11-22)14-15-36(4)31)8-9-27(26)34-30(29)24-6-5-7-25-18-28(21(3)16-24)33-19-32-25/h6,8-9,16-17,19-20,22,25,34H,4-5,7,10-15,18,31H2,1-3H3/b21-16-,24-6+. The van der Waals surface area contributed by atoms with Crippen molar-refractivity contribution in [2.24, 2.45) is 15.1 Å². The summed E-state index contributed by atoms with van der Waals surface area (Å²) in [7, 11) is -0.208. The maximum absolute atomic E-state index is 5.90. The molecule has 2 aliphatic heterocycles. The molecule has 0 radical (unpaired) electrons. The van der Waals surface area contributed by atoms with Crippen molar-refractivity contribution in [3.63, 3.8) is 0 Å². The fraction of sp³-hybridized carbons (Fsp3) is 0.500. The highest BCUT2D eigenvalue weighted by Crippen LogP contribution is 2.38. The van der Waals surface area contributed by atoms with Gasteiger partial charge in [-0.2, -0.15) is 0 Å². The zero-order valence-electron chi connectivity index (χ0n) is 22.1. The van der Waals surface area contributed by atoms with Crippen LogP contribution in [0.5, 0.6) is 0 Å². The van der Waals surface area contributed by atoms with E-state index >= 15 is 0 Å². The average Bonchev–Trinajstić information content (AvgIpc) is 3.27. The highest BCUT2D eigenvalue weighted by Gasteiger charge is 2.24. The third-order valence-electron chi connectivity index (χ3n) is 8.07. The van der Waals surface area contributed by atoms with Gasteiger partial charge in [0.05, 0.1) is 6.04 Å². The van der Waals surface area contributed by atoms with Crippen LogP contribution in [-0.4, -0.2) is 59.2 Å². The first kappa shape index (κ1) is 25.4. The van der Waals surface area contributed by atoms with Crippen LogP contribution in [0.3, 0.4) is 0 Å². The Morgan fingerprint density at radius 3 is 2.78 bits per heavy atom. The van der Waals surface area contributed by atoms with Gasteiger partial charge in [-0.1, -0.05) is 31.9 Å². The SMILES string of the molecule is C=S(N)CCN1CCC(c2ccc3[nH]c(C4=C/CCC5CC(=NC=N5)/C(C)=C\4)c(C(C)C)c3c2)CC1. The van der Waals surface area contributed by atoms with Crippen molar-refractivity contribution >= 4 is 45.1 Å². The van der Waals surface area contributed by atoms with Gasteiger partial charge in [0.2, 0.25) is 0 Å². The third kappa shape index (κ3) is 5.51. The Bertz CT molecular complexity index is 1250. The predicted molar refractivity (Wildman–Crippen MR) is 160 cm³/mol. The summed E-state index contributed by atoms with van der Waals surface area (Å²) in [5.74, 6) is 6.03. The van der Waals surface area contributed by atoms with Gasteiger partial charge in [0.15, 0.2) is 0 Å². The van der Waals surface area contributed by atoms with Crippen LogP contribution < -0.4 is 5.14 Å². The summed E-state index contributed by atoms with van der Waals surface area (Å²) in [5, 5.41) is 7.28. The number of aromatic amines is 1. The first-order chi connectivity index (χ1) is 17.4. The second-order valence-corrected chi connectivity index (χ2v) is 12.5. The lowest BCUT2D eigenvalue weighted by molar-refractivity contribution is 0.224. The van der Waals surface area contributed by atoms with Crippen molar-refractivity contribution in [2.45, 2.75) is 70.8 Å². The van der Waals surface area contributed by atoms with Gasteiger partial charge < -0.3 is 9.88 Å². The minimum Gasteiger partial charge on any atom is -0.354 e. The number of nitrogens with zero attached hydrogens (tertiary/aromatic N) is 3. The molecule has 1 aromatic heterocycles. The second kappa shape index (κ2) is 11.0. The lowest BCUT2D eigenvalue weighted by atomic mass is 9.87. The van der Waals surface area contributed by atoms with Gasteiger partial charge in [-0.25, -0.2) is 4.99 Å². The Hall–Kier alpha value is -2.28. The molecule has 1 aliphatic carbocycles. The van der Waals surface area contributed by atoms with Crippen LogP contribution in [0.25, 0.3) is 16.5 Å². The number of aliphatic imine (C=N–C) groups is 2. The lowest BCUT2D eigenvalue weighted by Crippen LogP contribution is -2.34. The number of H-pyrrole nitrogens is 1. The predicted octanol–water partition coefficient (Wildman–Crippen LogP) is 6.41. The number of allylic oxidation sites excluding steroid dienone is 4. The van der Waals surface area contributed by atoms with Gasteiger partial charge in [0, 0.05) is 41.0 Å². The van der Waals surface area contributed by atoms with Gasteiger partial charge in [-0.05, 0) is 98.0 Å². The van der Waals surface area contributed by atoms with Crippen LogP contribution in [0.2, 0.25) is 0 Å². The van der Waals surface area contributed by atoms with E-state index in [4.69, 9.17) is 5.14 Å². The monoisotopic (exact) mass is 503 g/mol.